The predicted molar refractivity (Wildman–Crippen MR) is 173 cm³/mol. The van der Waals surface area contributed by atoms with Crippen LogP contribution in [0.5, 0.6) is 0 Å². The van der Waals surface area contributed by atoms with Gasteiger partial charge in [0.1, 0.15) is 11.2 Å². The number of hydrogen-bond donors (Lipinski definition) is 1. The summed E-state index contributed by atoms with van der Waals surface area (Å²) in [5.41, 5.74) is 0.858. The first-order valence-electron chi connectivity index (χ1n) is 15.0. The van der Waals surface area contributed by atoms with Crippen molar-refractivity contribution in [1.82, 2.24) is 15.1 Å². The van der Waals surface area contributed by atoms with Gasteiger partial charge in [-0.15, -0.1) is 0 Å². The van der Waals surface area contributed by atoms with Crippen LogP contribution >= 0.6 is 23.2 Å². The molecule has 1 aliphatic rings. The molecule has 14 heteroatoms. The average Bonchev–Trinajstić information content (AvgIpc) is 3.76. The molecule has 0 radical (unpaired) electrons. The van der Waals surface area contributed by atoms with Crippen LogP contribution in [0.3, 0.4) is 0 Å². The van der Waals surface area contributed by atoms with Crippen molar-refractivity contribution in [2.24, 2.45) is 0 Å². The minimum atomic E-state index is -2.69. The number of ether oxygens (including phenoxy) is 2. The minimum absolute atomic E-state index is 0.0485. The standard InChI is InChI=1S/C18H25ClF2N2O2.C15H18ClF2NO3/c1-18(2,3)25-17(24)23(11-16(20)21)10-12-4-7-15(19)13(8-12)9-22-14-5-6-14;1-15(2,3)22-14(21)19(8-13(17)18)7-10-4-5-12(16)11(6-10)9-20/h4,7-8,14,16,22H,5-6,9-11H2,1-3H3;4-6,9,13H,7-8H2,1-3H3. The van der Waals surface area contributed by atoms with Crippen LogP contribution in [0, 0.1) is 0 Å². The van der Waals surface area contributed by atoms with Crippen LogP contribution in [0.25, 0.3) is 0 Å². The molecule has 262 valence electrons. The van der Waals surface area contributed by atoms with Gasteiger partial charge in [-0.3, -0.25) is 14.6 Å². The second-order valence-electron chi connectivity index (χ2n) is 13.1. The molecule has 2 amide bonds. The van der Waals surface area contributed by atoms with Crippen LogP contribution in [0.2, 0.25) is 10.0 Å². The minimum Gasteiger partial charge on any atom is -0.444 e. The largest absolute Gasteiger partial charge is 0.444 e. The molecule has 0 spiro atoms. The molecular weight excluding hydrogens is 665 g/mol. The maximum absolute atomic E-state index is 12.9. The third kappa shape index (κ3) is 16.0. The molecule has 0 unspecified atom stereocenters. The lowest BCUT2D eigenvalue weighted by atomic mass is 10.1. The fourth-order valence-electron chi connectivity index (χ4n) is 4.02. The van der Waals surface area contributed by atoms with Gasteiger partial charge >= 0.3 is 12.2 Å². The maximum atomic E-state index is 12.9. The fraction of sp³-hybridized carbons (Fsp3) is 0.545. The van der Waals surface area contributed by atoms with E-state index in [1.54, 1.807) is 59.7 Å². The number of nitrogens with zero attached hydrogens (tertiary/aromatic N) is 2. The first-order chi connectivity index (χ1) is 21.8. The first kappa shape index (κ1) is 40.1. The van der Waals surface area contributed by atoms with Crippen molar-refractivity contribution in [3.8, 4) is 0 Å². The smallest absolute Gasteiger partial charge is 0.410 e. The molecule has 47 heavy (non-hydrogen) atoms. The van der Waals surface area contributed by atoms with Gasteiger partial charge in [0, 0.05) is 36.3 Å². The summed E-state index contributed by atoms with van der Waals surface area (Å²) >= 11 is 12.0. The van der Waals surface area contributed by atoms with Gasteiger partial charge in [0.15, 0.2) is 6.29 Å². The Morgan fingerprint density at radius 2 is 1.28 bits per heavy atom. The summed E-state index contributed by atoms with van der Waals surface area (Å²) in [7, 11) is 0. The Morgan fingerprint density at radius 3 is 1.68 bits per heavy atom. The molecule has 0 heterocycles. The van der Waals surface area contributed by atoms with E-state index in [0.717, 1.165) is 33.8 Å². The van der Waals surface area contributed by atoms with Crippen LogP contribution < -0.4 is 5.32 Å². The number of aldehydes is 1. The van der Waals surface area contributed by atoms with E-state index in [1.165, 1.54) is 12.1 Å². The van der Waals surface area contributed by atoms with Gasteiger partial charge in [-0.1, -0.05) is 41.4 Å². The lowest BCUT2D eigenvalue weighted by Gasteiger charge is -2.27. The Hall–Kier alpha value is -3.09. The highest BCUT2D eigenvalue weighted by Crippen LogP contribution is 2.24. The van der Waals surface area contributed by atoms with Crippen LogP contribution in [0.15, 0.2) is 36.4 Å². The van der Waals surface area contributed by atoms with Crippen LogP contribution in [0.4, 0.5) is 27.2 Å². The van der Waals surface area contributed by atoms with E-state index >= 15 is 0 Å². The van der Waals surface area contributed by atoms with E-state index in [0.29, 0.717) is 29.5 Å². The Labute approximate surface area is 283 Å². The van der Waals surface area contributed by atoms with Gasteiger partial charge in [0.25, 0.3) is 12.9 Å². The summed E-state index contributed by atoms with van der Waals surface area (Å²) < 4.78 is 61.4. The number of rotatable bonds is 12. The Kier molecular flexibility index (Phi) is 15.3. The average molecular weight is 709 g/mol. The molecule has 0 saturated heterocycles. The van der Waals surface area contributed by atoms with Gasteiger partial charge in [-0.25, -0.2) is 27.2 Å². The van der Waals surface area contributed by atoms with Crippen LogP contribution in [-0.2, 0) is 29.1 Å². The normalized spacial score (nSPS) is 13.1. The fourth-order valence-corrected chi connectivity index (χ4v) is 4.37. The molecule has 0 aliphatic heterocycles. The maximum Gasteiger partial charge on any atom is 0.410 e. The number of amides is 2. The SMILES string of the molecule is CC(C)(C)OC(=O)N(Cc1ccc(Cl)c(C=O)c1)CC(F)F.CC(C)(C)OC(=O)N(Cc1ccc(Cl)c(CNC2CC2)c1)CC(F)F. The summed E-state index contributed by atoms with van der Waals surface area (Å²) in [6.07, 6.45) is -4.01. The zero-order valence-corrected chi connectivity index (χ0v) is 28.9. The number of nitrogens with one attached hydrogen (secondary N) is 1. The molecule has 1 saturated carbocycles. The number of benzene rings is 2. The molecule has 2 aromatic carbocycles. The highest BCUT2D eigenvalue weighted by atomic mass is 35.5. The van der Waals surface area contributed by atoms with Gasteiger partial charge in [0.05, 0.1) is 18.1 Å². The molecule has 3 rings (SSSR count). The quantitative estimate of drug-likeness (QED) is 0.175. The highest BCUT2D eigenvalue weighted by Gasteiger charge is 2.26. The second kappa shape index (κ2) is 17.9. The van der Waals surface area contributed by atoms with Gasteiger partial charge in [-0.05, 0) is 89.3 Å². The van der Waals surface area contributed by atoms with E-state index in [2.05, 4.69) is 5.32 Å². The summed E-state index contributed by atoms with van der Waals surface area (Å²) in [6.45, 7) is 9.21. The third-order valence-corrected chi connectivity index (χ3v) is 6.94. The summed E-state index contributed by atoms with van der Waals surface area (Å²) in [5, 5.41) is 4.25. The van der Waals surface area contributed by atoms with Crippen molar-refractivity contribution >= 4 is 41.7 Å². The highest BCUT2D eigenvalue weighted by molar-refractivity contribution is 6.33. The van der Waals surface area contributed by atoms with E-state index in [1.807, 2.05) is 6.07 Å². The topological polar surface area (TPSA) is 88.2 Å². The van der Waals surface area contributed by atoms with Crippen LogP contribution in [-0.4, -0.2) is 71.5 Å². The number of halogens is 6. The number of hydrogen-bond acceptors (Lipinski definition) is 6. The monoisotopic (exact) mass is 707 g/mol. The van der Waals surface area contributed by atoms with E-state index in [9.17, 15) is 31.9 Å². The Morgan fingerprint density at radius 1 is 0.830 bits per heavy atom. The number of carbonyl (C=O) groups is 3. The molecular formula is C33H43Cl2F4N3O5. The van der Waals surface area contributed by atoms with Crippen molar-refractivity contribution < 1.29 is 41.4 Å². The molecule has 2 aromatic rings. The Bertz CT molecular complexity index is 1350. The van der Waals surface area contributed by atoms with Crippen molar-refractivity contribution in [3.05, 3.63) is 68.7 Å². The molecule has 0 bridgehead atoms. The van der Waals surface area contributed by atoms with Crippen molar-refractivity contribution in [2.45, 2.75) is 104 Å². The number of alkyl halides is 4. The molecule has 1 N–H and O–H groups in total. The zero-order chi connectivity index (χ0) is 35.5. The third-order valence-electron chi connectivity index (χ3n) is 6.22. The molecule has 0 atom stereocenters. The predicted octanol–water partition coefficient (Wildman–Crippen LogP) is 8.75. The van der Waals surface area contributed by atoms with E-state index < -0.39 is 49.3 Å². The van der Waals surface area contributed by atoms with Crippen molar-refractivity contribution in [1.29, 1.82) is 0 Å². The van der Waals surface area contributed by atoms with Gasteiger partial charge < -0.3 is 14.8 Å². The molecule has 1 fully saturated rings. The van der Waals surface area contributed by atoms with E-state index in [4.69, 9.17) is 32.7 Å². The van der Waals surface area contributed by atoms with Crippen LogP contribution in [0.1, 0.15) is 81.4 Å². The zero-order valence-electron chi connectivity index (χ0n) is 27.4. The summed E-state index contributed by atoms with van der Waals surface area (Å²) in [6, 6.07) is 10.4. The van der Waals surface area contributed by atoms with E-state index in [-0.39, 0.29) is 23.7 Å². The summed E-state index contributed by atoms with van der Waals surface area (Å²) in [5.74, 6) is 0. The first-order valence-corrected chi connectivity index (χ1v) is 15.8. The van der Waals surface area contributed by atoms with Gasteiger partial charge in [0.2, 0.25) is 0 Å². The second-order valence-corrected chi connectivity index (χ2v) is 13.9. The van der Waals surface area contributed by atoms with Crippen molar-refractivity contribution in [2.75, 3.05) is 13.1 Å². The molecule has 1 aliphatic carbocycles. The lowest BCUT2D eigenvalue weighted by molar-refractivity contribution is 0.00774. The lowest BCUT2D eigenvalue weighted by Crippen LogP contribution is -2.39. The summed E-state index contributed by atoms with van der Waals surface area (Å²) in [4.78, 5) is 37.0. The molecule has 0 aromatic heterocycles. The van der Waals surface area contributed by atoms with Gasteiger partial charge in [-0.2, -0.15) is 0 Å². The number of carbonyl (C=O) groups excluding carboxylic acids is 3. The Balaban J connectivity index is 0.000000330. The molecule has 8 nitrogen and oxygen atoms in total. The van der Waals surface area contributed by atoms with Crippen molar-refractivity contribution in [3.63, 3.8) is 0 Å².